The summed E-state index contributed by atoms with van der Waals surface area (Å²) in [6, 6.07) is 7.89. The Morgan fingerprint density at radius 3 is 2.64 bits per heavy atom. The summed E-state index contributed by atoms with van der Waals surface area (Å²) in [5.41, 5.74) is 1.62. The fourth-order valence-corrected chi connectivity index (χ4v) is 3.21. The molecule has 1 aromatic carbocycles. The van der Waals surface area contributed by atoms with E-state index in [2.05, 4.69) is 14.5 Å². The molecule has 0 spiro atoms. The highest BCUT2D eigenvalue weighted by Gasteiger charge is 2.25. The molecule has 2 heterocycles. The van der Waals surface area contributed by atoms with Crippen molar-refractivity contribution in [3.05, 3.63) is 45.4 Å². The number of carbonyl (C=O) groups excluding carboxylic acids is 1. The molecule has 0 saturated carbocycles. The van der Waals surface area contributed by atoms with Gasteiger partial charge >= 0.3 is 0 Å². The number of piperazine rings is 1. The SMILES string of the molecule is Cc1snnc1C(=O)N1CCN(Cc2ccccc2Cl)CC1. The van der Waals surface area contributed by atoms with Gasteiger partial charge in [-0.05, 0) is 30.1 Å². The van der Waals surface area contributed by atoms with E-state index in [4.69, 9.17) is 11.6 Å². The van der Waals surface area contributed by atoms with Crippen molar-refractivity contribution in [2.24, 2.45) is 0 Å². The Morgan fingerprint density at radius 1 is 1.27 bits per heavy atom. The lowest BCUT2D eigenvalue weighted by molar-refractivity contribution is 0.0622. The molecule has 2 aromatic rings. The van der Waals surface area contributed by atoms with Crippen LogP contribution in [0.3, 0.4) is 0 Å². The minimum Gasteiger partial charge on any atom is -0.335 e. The van der Waals surface area contributed by atoms with Gasteiger partial charge in [-0.2, -0.15) is 0 Å². The lowest BCUT2D eigenvalue weighted by Gasteiger charge is -2.34. The Balaban J connectivity index is 1.58. The van der Waals surface area contributed by atoms with Crippen LogP contribution < -0.4 is 0 Å². The van der Waals surface area contributed by atoms with E-state index < -0.39 is 0 Å². The van der Waals surface area contributed by atoms with Gasteiger partial charge in [0.15, 0.2) is 5.69 Å². The van der Waals surface area contributed by atoms with E-state index in [-0.39, 0.29) is 5.91 Å². The second kappa shape index (κ2) is 6.73. The van der Waals surface area contributed by atoms with Crippen molar-refractivity contribution >= 4 is 29.0 Å². The van der Waals surface area contributed by atoms with Gasteiger partial charge in [-0.15, -0.1) is 5.10 Å². The number of benzene rings is 1. The first-order valence-electron chi connectivity index (χ1n) is 7.19. The summed E-state index contributed by atoms with van der Waals surface area (Å²) >= 11 is 7.47. The summed E-state index contributed by atoms with van der Waals surface area (Å²) in [5, 5.41) is 4.73. The third-order valence-corrected chi connectivity index (χ3v) is 4.87. The Kier molecular flexibility index (Phi) is 4.71. The molecule has 22 heavy (non-hydrogen) atoms. The maximum atomic E-state index is 12.4. The van der Waals surface area contributed by atoms with Gasteiger partial charge in [0, 0.05) is 37.7 Å². The van der Waals surface area contributed by atoms with E-state index in [9.17, 15) is 4.79 Å². The van der Waals surface area contributed by atoms with E-state index in [1.165, 1.54) is 11.5 Å². The summed E-state index contributed by atoms with van der Waals surface area (Å²) < 4.78 is 3.84. The van der Waals surface area contributed by atoms with E-state index in [0.29, 0.717) is 18.8 Å². The molecule has 116 valence electrons. The third kappa shape index (κ3) is 3.29. The van der Waals surface area contributed by atoms with Crippen LogP contribution in [0.25, 0.3) is 0 Å². The standard InChI is InChI=1S/C15H17ClN4OS/c1-11-14(17-18-22-11)15(21)20-8-6-19(7-9-20)10-12-4-2-3-5-13(12)16/h2-5H,6-10H2,1H3. The molecule has 1 aromatic heterocycles. The van der Waals surface area contributed by atoms with E-state index in [1.54, 1.807) is 0 Å². The Hall–Kier alpha value is -1.50. The van der Waals surface area contributed by atoms with Crippen LogP contribution in [0, 0.1) is 6.92 Å². The highest BCUT2D eigenvalue weighted by molar-refractivity contribution is 7.05. The van der Waals surface area contributed by atoms with Crippen LogP contribution in [0.4, 0.5) is 0 Å². The van der Waals surface area contributed by atoms with Gasteiger partial charge in [0.2, 0.25) is 0 Å². The largest absolute Gasteiger partial charge is 0.335 e. The van der Waals surface area contributed by atoms with Crippen molar-refractivity contribution in [1.82, 2.24) is 19.4 Å². The number of carbonyl (C=O) groups is 1. The summed E-state index contributed by atoms with van der Waals surface area (Å²) in [4.78, 5) is 17.4. The summed E-state index contributed by atoms with van der Waals surface area (Å²) in [6.07, 6.45) is 0. The zero-order valence-corrected chi connectivity index (χ0v) is 13.9. The average Bonchev–Trinajstić information content (AvgIpc) is 2.96. The Bertz CT molecular complexity index is 667. The molecule has 1 fully saturated rings. The minimum atomic E-state index is -0.0105. The molecule has 0 aliphatic carbocycles. The summed E-state index contributed by atoms with van der Waals surface area (Å²) in [6.45, 7) is 5.80. The van der Waals surface area contributed by atoms with Crippen LogP contribution in [0.15, 0.2) is 24.3 Å². The molecular weight excluding hydrogens is 320 g/mol. The van der Waals surface area contributed by atoms with Crippen molar-refractivity contribution in [3.8, 4) is 0 Å². The molecule has 1 amide bonds. The van der Waals surface area contributed by atoms with Gasteiger partial charge in [0.1, 0.15) is 0 Å². The fourth-order valence-electron chi connectivity index (χ4n) is 2.56. The van der Waals surface area contributed by atoms with Crippen LogP contribution in [-0.2, 0) is 6.54 Å². The van der Waals surface area contributed by atoms with Gasteiger partial charge in [0.25, 0.3) is 5.91 Å². The topological polar surface area (TPSA) is 49.3 Å². The van der Waals surface area contributed by atoms with Gasteiger partial charge in [-0.1, -0.05) is 34.3 Å². The molecule has 5 nitrogen and oxygen atoms in total. The maximum absolute atomic E-state index is 12.4. The maximum Gasteiger partial charge on any atom is 0.275 e. The molecule has 1 saturated heterocycles. The fraction of sp³-hybridized carbons (Fsp3) is 0.400. The molecule has 1 aliphatic rings. The lowest BCUT2D eigenvalue weighted by atomic mass is 10.2. The highest BCUT2D eigenvalue weighted by Crippen LogP contribution is 2.18. The molecule has 0 bridgehead atoms. The third-order valence-electron chi connectivity index (χ3n) is 3.87. The molecule has 0 atom stereocenters. The first-order valence-corrected chi connectivity index (χ1v) is 8.34. The van der Waals surface area contributed by atoms with Gasteiger partial charge in [-0.3, -0.25) is 9.69 Å². The van der Waals surface area contributed by atoms with Crippen molar-refractivity contribution in [3.63, 3.8) is 0 Å². The molecular formula is C15H17ClN4OS. The number of amides is 1. The average molecular weight is 337 g/mol. The molecule has 1 aliphatic heterocycles. The normalized spacial score (nSPS) is 16.0. The van der Waals surface area contributed by atoms with Crippen LogP contribution in [-0.4, -0.2) is 51.5 Å². The zero-order valence-electron chi connectivity index (χ0n) is 12.3. The molecule has 7 heteroatoms. The lowest BCUT2D eigenvalue weighted by Crippen LogP contribution is -2.48. The number of hydrogen-bond acceptors (Lipinski definition) is 5. The quantitative estimate of drug-likeness (QED) is 0.864. The van der Waals surface area contributed by atoms with Gasteiger partial charge < -0.3 is 4.90 Å². The zero-order chi connectivity index (χ0) is 15.5. The summed E-state index contributed by atoms with van der Waals surface area (Å²) in [7, 11) is 0. The Morgan fingerprint density at radius 2 is 2.00 bits per heavy atom. The van der Waals surface area contributed by atoms with Crippen LogP contribution in [0.5, 0.6) is 0 Å². The van der Waals surface area contributed by atoms with Crippen LogP contribution in [0.1, 0.15) is 20.9 Å². The number of aromatic nitrogens is 2. The second-order valence-corrected chi connectivity index (χ2v) is 6.70. The smallest absolute Gasteiger partial charge is 0.275 e. The number of hydrogen-bond donors (Lipinski definition) is 0. The van der Waals surface area contributed by atoms with E-state index >= 15 is 0 Å². The van der Waals surface area contributed by atoms with Gasteiger partial charge in [-0.25, -0.2) is 0 Å². The van der Waals surface area contributed by atoms with E-state index in [1.807, 2.05) is 36.1 Å². The molecule has 0 radical (unpaired) electrons. The number of halogens is 1. The number of rotatable bonds is 3. The molecule has 0 unspecified atom stereocenters. The predicted octanol–water partition coefficient (Wildman–Crippen LogP) is 2.46. The number of nitrogens with zero attached hydrogens (tertiary/aromatic N) is 4. The van der Waals surface area contributed by atoms with Crippen LogP contribution in [0.2, 0.25) is 5.02 Å². The predicted molar refractivity (Wildman–Crippen MR) is 87.3 cm³/mol. The van der Waals surface area contributed by atoms with Crippen LogP contribution >= 0.6 is 23.1 Å². The molecule has 0 N–H and O–H groups in total. The summed E-state index contributed by atoms with van der Waals surface area (Å²) in [5.74, 6) is -0.0105. The number of aryl methyl sites for hydroxylation is 1. The Labute approximate surface area is 138 Å². The van der Waals surface area contributed by atoms with Crippen molar-refractivity contribution in [1.29, 1.82) is 0 Å². The monoisotopic (exact) mass is 336 g/mol. The van der Waals surface area contributed by atoms with E-state index in [0.717, 1.165) is 35.1 Å². The van der Waals surface area contributed by atoms with Crippen molar-refractivity contribution < 1.29 is 4.79 Å². The van der Waals surface area contributed by atoms with Crippen molar-refractivity contribution in [2.75, 3.05) is 26.2 Å². The molecule has 3 rings (SSSR count). The second-order valence-electron chi connectivity index (χ2n) is 5.34. The first-order chi connectivity index (χ1) is 10.6. The highest BCUT2D eigenvalue weighted by atomic mass is 35.5. The minimum absolute atomic E-state index is 0.0105. The van der Waals surface area contributed by atoms with Crippen molar-refractivity contribution in [2.45, 2.75) is 13.5 Å². The van der Waals surface area contributed by atoms with Gasteiger partial charge in [0.05, 0.1) is 4.88 Å². The first kappa shape index (κ1) is 15.4.